The second kappa shape index (κ2) is 4.28. The fourth-order valence-electron chi connectivity index (χ4n) is 1.23. The first-order valence-electron chi connectivity index (χ1n) is 4.34. The van der Waals surface area contributed by atoms with E-state index < -0.39 is 4.92 Å². The second-order valence-electron chi connectivity index (χ2n) is 2.92. The van der Waals surface area contributed by atoms with Gasteiger partial charge >= 0.3 is 0 Å². The number of nitro benzene ring substituents is 1. The van der Waals surface area contributed by atoms with Crippen LogP contribution in [0.15, 0.2) is 28.8 Å². The topological polar surface area (TPSA) is 82.1 Å². The number of para-hydroxylation sites is 1. The van der Waals surface area contributed by atoms with Crippen molar-refractivity contribution in [2.45, 2.75) is 5.88 Å². The van der Waals surface area contributed by atoms with Crippen LogP contribution in [0.5, 0.6) is 0 Å². The molecule has 0 saturated heterocycles. The third-order valence-electron chi connectivity index (χ3n) is 1.92. The molecular weight excluding hydrogens is 234 g/mol. The van der Waals surface area contributed by atoms with Gasteiger partial charge in [-0.15, -0.1) is 11.6 Å². The molecule has 0 bridgehead atoms. The first-order valence-corrected chi connectivity index (χ1v) is 4.88. The van der Waals surface area contributed by atoms with Gasteiger partial charge in [-0.05, 0) is 6.07 Å². The molecule has 16 heavy (non-hydrogen) atoms. The summed E-state index contributed by atoms with van der Waals surface area (Å²) in [4.78, 5) is 14.2. The van der Waals surface area contributed by atoms with E-state index in [1.807, 2.05) is 0 Å². The lowest BCUT2D eigenvalue weighted by molar-refractivity contribution is -0.384. The molecular formula is C9H6ClN3O3. The van der Waals surface area contributed by atoms with Gasteiger partial charge in [-0.2, -0.15) is 4.98 Å². The third kappa shape index (κ3) is 1.87. The number of halogens is 1. The number of rotatable bonds is 3. The van der Waals surface area contributed by atoms with Crippen LogP contribution in [0.1, 0.15) is 5.82 Å². The number of nitro groups is 1. The van der Waals surface area contributed by atoms with Crippen molar-refractivity contribution in [3.8, 4) is 11.5 Å². The van der Waals surface area contributed by atoms with Gasteiger partial charge in [-0.25, -0.2) is 0 Å². The lowest BCUT2D eigenvalue weighted by Gasteiger charge is -1.95. The molecule has 0 saturated carbocycles. The SMILES string of the molecule is O=[N+]([O-])c1ccccc1-c1nc(CCl)no1. The van der Waals surface area contributed by atoms with Crippen molar-refractivity contribution in [2.75, 3.05) is 0 Å². The summed E-state index contributed by atoms with van der Waals surface area (Å²) in [6, 6.07) is 6.15. The van der Waals surface area contributed by atoms with Gasteiger partial charge in [-0.3, -0.25) is 10.1 Å². The van der Waals surface area contributed by atoms with Crippen LogP contribution in [0.2, 0.25) is 0 Å². The Hall–Kier alpha value is -1.95. The Bertz CT molecular complexity index is 526. The van der Waals surface area contributed by atoms with E-state index in [2.05, 4.69) is 10.1 Å². The molecule has 0 unspecified atom stereocenters. The smallest absolute Gasteiger partial charge is 0.282 e. The van der Waals surface area contributed by atoms with Gasteiger partial charge < -0.3 is 4.52 Å². The first kappa shape index (κ1) is 10.6. The molecule has 0 N–H and O–H groups in total. The maximum absolute atomic E-state index is 10.8. The van der Waals surface area contributed by atoms with Gasteiger partial charge in [0, 0.05) is 6.07 Å². The van der Waals surface area contributed by atoms with Gasteiger partial charge in [-0.1, -0.05) is 17.3 Å². The molecule has 1 heterocycles. The Labute approximate surface area is 95.0 Å². The maximum Gasteiger partial charge on any atom is 0.282 e. The number of alkyl halides is 1. The van der Waals surface area contributed by atoms with Crippen LogP contribution in [-0.4, -0.2) is 15.1 Å². The van der Waals surface area contributed by atoms with Crippen LogP contribution in [0.25, 0.3) is 11.5 Å². The van der Waals surface area contributed by atoms with E-state index >= 15 is 0 Å². The van der Waals surface area contributed by atoms with E-state index in [1.165, 1.54) is 6.07 Å². The quantitative estimate of drug-likeness (QED) is 0.467. The number of hydrogen-bond acceptors (Lipinski definition) is 5. The van der Waals surface area contributed by atoms with Gasteiger partial charge in [0.05, 0.1) is 10.8 Å². The molecule has 1 aromatic carbocycles. The molecule has 0 aliphatic heterocycles. The predicted octanol–water partition coefficient (Wildman–Crippen LogP) is 2.38. The summed E-state index contributed by atoms with van der Waals surface area (Å²) in [6.07, 6.45) is 0. The standard InChI is InChI=1S/C9H6ClN3O3/c10-5-8-11-9(16-12-8)6-3-1-2-4-7(6)13(14)15/h1-4H,5H2. The van der Waals surface area contributed by atoms with Gasteiger partial charge in [0.2, 0.25) is 0 Å². The summed E-state index contributed by atoms with van der Waals surface area (Å²) in [5, 5.41) is 14.3. The molecule has 2 rings (SSSR count). The molecule has 0 spiro atoms. The molecule has 1 aromatic heterocycles. The molecule has 0 fully saturated rings. The van der Waals surface area contributed by atoms with Crippen LogP contribution >= 0.6 is 11.6 Å². The second-order valence-corrected chi connectivity index (χ2v) is 3.19. The van der Waals surface area contributed by atoms with E-state index in [4.69, 9.17) is 16.1 Å². The Morgan fingerprint density at radius 2 is 2.19 bits per heavy atom. The van der Waals surface area contributed by atoms with E-state index in [9.17, 15) is 10.1 Å². The van der Waals surface area contributed by atoms with Crippen molar-refractivity contribution in [3.63, 3.8) is 0 Å². The molecule has 0 aliphatic rings. The highest BCUT2D eigenvalue weighted by Gasteiger charge is 2.19. The largest absolute Gasteiger partial charge is 0.334 e. The lowest BCUT2D eigenvalue weighted by atomic mass is 10.2. The highest BCUT2D eigenvalue weighted by Crippen LogP contribution is 2.27. The summed E-state index contributed by atoms with van der Waals surface area (Å²) in [5.41, 5.74) is 0.212. The van der Waals surface area contributed by atoms with Gasteiger partial charge in [0.15, 0.2) is 5.82 Å². The van der Waals surface area contributed by atoms with Crippen molar-refractivity contribution in [2.24, 2.45) is 0 Å². The fraction of sp³-hybridized carbons (Fsp3) is 0.111. The minimum absolute atomic E-state index is 0.0766. The van der Waals surface area contributed by atoms with E-state index in [1.54, 1.807) is 18.2 Å². The van der Waals surface area contributed by atoms with E-state index in [0.717, 1.165) is 0 Å². The van der Waals surface area contributed by atoms with Crippen LogP contribution in [-0.2, 0) is 5.88 Å². The molecule has 6 nitrogen and oxygen atoms in total. The molecule has 7 heteroatoms. The van der Waals surface area contributed by atoms with Crippen molar-refractivity contribution >= 4 is 17.3 Å². The summed E-state index contributed by atoms with van der Waals surface area (Å²) < 4.78 is 4.88. The van der Waals surface area contributed by atoms with Crippen LogP contribution in [0.3, 0.4) is 0 Å². The average Bonchev–Trinajstić information content (AvgIpc) is 2.77. The average molecular weight is 240 g/mol. The fourth-order valence-corrected chi connectivity index (χ4v) is 1.34. The summed E-state index contributed by atoms with van der Waals surface area (Å²) in [6.45, 7) is 0. The number of aromatic nitrogens is 2. The minimum Gasteiger partial charge on any atom is -0.334 e. The zero-order valence-electron chi connectivity index (χ0n) is 7.96. The molecule has 0 atom stereocenters. The summed E-state index contributed by atoms with van der Waals surface area (Å²) in [5.74, 6) is 0.502. The molecule has 82 valence electrons. The third-order valence-corrected chi connectivity index (χ3v) is 2.16. The van der Waals surface area contributed by atoms with E-state index in [0.29, 0.717) is 5.82 Å². The molecule has 0 aliphatic carbocycles. The van der Waals surface area contributed by atoms with Gasteiger partial charge in [0.1, 0.15) is 5.56 Å². The highest BCUT2D eigenvalue weighted by atomic mass is 35.5. The van der Waals surface area contributed by atoms with Crippen LogP contribution in [0.4, 0.5) is 5.69 Å². The normalized spacial score (nSPS) is 10.3. The zero-order chi connectivity index (χ0) is 11.5. The molecule has 0 amide bonds. The maximum atomic E-state index is 10.8. The Kier molecular flexibility index (Phi) is 2.82. The van der Waals surface area contributed by atoms with Crippen molar-refractivity contribution < 1.29 is 9.45 Å². The predicted molar refractivity (Wildman–Crippen MR) is 55.9 cm³/mol. The minimum atomic E-state index is -0.500. The Morgan fingerprint density at radius 1 is 1.44 bits per heavy atom. The zero-order valence-corrected chi connectivity index (χ0v) is 8.72. The summed E-state index contributed by atoms with van der Waals surface area (Å²) >= 11 is 5.51. The Balaban J connectivity index is 2.50. The van der Waals surface area contributed by atoms with Gasteiger partial charge in [0.25, 0.3) is 11.6 Å². The Morgan fingerprint density at radius 3 is 2.81 bits per heavy atom. The molecule has 0 radical (unpaired) electrons. The van der Waals surface area contributed by atoms with Crippen molar-refractivity contribution in [3.05, 3.63) is 40.2 Å². The van der Waals surface area contributed by atoms with Crippen molar-refractivity contribution in [1.82, 2.24) is 10.1 Å². The first-order chi connectivity index (χ1) is 7.72. The molecule has 2 aromatic rings. The highest BCUT2D eigenvalue weighted by molar-refractivity contribution is 6.16. The summed E-state index contributed by atoms with van der Waals surface area (Å²) in [7, 11) is 0. The van der Waals surface area contributed by atoms with Crippen molar-refractivity contribution in [1.29, 1.82) is 0 Å². The number of hydrogen-bond donors (Lipinski definition) is 0. The lowest BCUT2D eigenvalue weighted by Crippen LogP contribution is -1.91. The number of nitrogens with zero attached hydrogens (tertiary/aromatic N) is 3. The van der Waals surface area contributed by atoms with E-state index in [-0.39, 0.29) is 23.0 Å². The van der Waals surface area contributed by atoms with Crippen LogP contribution in [0, 0.1) is 10.1 Å². The number of benzene rings is 1. The monoisotopic (exact) mass is 239 g/mol. The van der Waals surface area contributed by atoms with Crippen LogP contribution < -0.4 is 0 Å².